The van der Waals surface area contributed by atoms with E-state index in [1.54, 1.807) is 0 Å². The lowest BCUT2D eigenvalue weighted by Crippen LogP contribution is -2.47. The van der Waals surface area contributed by atoms with E-state index in [-0.39, 0.29) is 12.1 Å². The Balaban J connectivity index is 1.48. The second kappa shape index (κ2) is 10.1. The number of nitrogens with zero attached hydrogens (tertiary/aromatic N) is 2. The molecule has 1 fully saturated rings. The number of hydrogen-bond donors (Lipinski definition) is 2. The summed E-state index contributed by atoms with van der Waals surface area (Å²) in [5, 5.41) is 5.83. The largest absolute Gasteiger partial charge is 0.378 e. The van der Waals surface area contributed by atoms with E-state index >= 15 is 0 Å². The van der Waals surface area contributed by atoms with Crippen LogP contribution in [-0.4, -0.2) is 45.0 Å². The minimum Gasteiger partial charge on any atom is -0.378 e. The molecule has 2 amide bonds. The van der Waals surface area contributed by atoms with Crippen molar-refractivity contribution in [2.75, 3.05) is 37.0 Å². The van der Waals surface area contributed by atoms with Gasteiger partial charge in [-0.1, -0.05) is 49.6 Å². The highest BCUT2D eigenvalue weighted by molar-refractivity contribution is 6.35. The van der Waals surface area contributed by atoms with Crippen LogP contribution in [0.1, 0.15) is 49.3 Å². The molecule has 6 heteroatoms. The first-order valence-electron chi connectivity index (χ1n) is 11.7. The molecule has 2 aliphatic rings. The Bertz CT molecular complexity index is 935. The lowest BCUT2D eigenvalue weighted by atomic mass is 9.95. The number of rotatable bonds is 6. The van der Waals surface area contributed by atoms with Crippen molar-refractivity contribution in [1.29, 1.82) is 0 Å². The van der Waals surface area contributed by atoms with Gasteiger partial charge in [-0.15, -0.1) is 0 Å². The highest BCUT2D eigenvalue weighted by Gasteiger charge is 2.28. The van der Waals surface area contributed by atoms with Crippen molar-refractivity contribution in [2.45, 2.75) is 50.6 Å². The van der Waals surface area contributed by atoms with Gasteiger partial charge in [0.05, 0.1) is 6.04 Å². The molecule has 1 atom stereocenters. The summed E-state index contributed by atoms with van der Waals surface area (Å²) >= 11 is 0. The molecule has 4 rings (SSSR count). The van der Waals surface area contributed by atoms with Crippen LogP contribution in [0.4, 0.5) is 11.4 Å². The molecular weight excluding hydrogens is 400 g/mol. The number of hydrogen-bond acceptors (Lipinski definition) is 4. The van der Waals surface area contributed by atoms with Gasteiger partial charge in [0.2, 0.25) is 0 Å². The van der Waals surface area contributed by atoms with Gasteiger partial charge in [0.25, 0.3) is 0 Å². The van der Waals surface area contributed by atoms with E-state index in [0.29, 0.717) is 6.54 Å². The Morgan fingerprint density at radius 2 is 1.72 bits per heavy atom. The molecular formula is C26H34N4O2. The standard InChI is InChI=1S/C26H34N4O2/c1-29(2)22-14-12-20(13-15-22)24(30-17-16-19-8-6-7-11-23(19)30)18-27-25(31)26(32)28-21-9-4-3-5-10-21/h6-8,11-15,21,24H,3-5,9-10,16-18H2,1-2H3,(H,27,31)(H,28,32)/t24-/m0/s1. The SMILES string of the molecule is CN(C)c1ccc([C@H](CNC(=O)C(=O)NC2CCCCC2)N2CCc3ccccc32)cc1. The Kier molecular flexibility index (Phi) is 6.98. The molecule has 0 unspecified atom stereocenters. The Labute approximate surface area is 191 Å². The minimum absolute atomic E-state index is 0.0405. The van der Waals surface area contributed by atoms with Crippen LogP contribution in [0.15, 0.2) is 48.5 Å². The van der Waals surface area contributed by atoms with Crippen LogP contribution in [0.5, 0.6) is 0 Å². The minimum atomic E-state index is -0.544. The van der Waals surface area contributed by atoms with Gasteiger partial charge in [-0.2, -0.15) is 0 Å². The van der Waals surface area contributed by atoms with Crippen LogP contribution in [-0.2, 0) is 16.0 Å². The fourth-order valence-electron chi connectivity index (χ4n) is 4.86. The molecule has 2 aromatic rings. The van der Waals surface area contributed by atoms with Crippen molar-refractivity contribution >= 4 is 23.2 Å². The normalized spacial score (nSPS) is 16.9. The molecule has 1 saturated carbocycles. The molecule has 170 valence electrons. The summed E-state index contributed by atoms with van der Waals surface area (Å²) < 4.78 is 0. The molecule has 6 nitrogen and oxygen atoms in total. The lowest BCUT2D eigenvalue weighted by Gasteiger charge is -2.31. The quantitative estimate of drug-likeness (QED) is 0.684. The molecule has 0 spiro atoms. The van der Waals surface area contributed by atoms with Gasteiger partial charge in [-0.05, 0) is 48.6 Å². The molecule has 0 aromatic heterocycles. The van der Waals surface area contributed by atoms with Gasteiger partial charge in [0.1, 0.15) is 0 Å². The maximum Gasteiger partial charge on any atom is 0.309 e. The Morgan fingerprint density at radius 1 is 1.00 bits per heavy atom. The summed E-state index contributed by atoms with van der Waals surface area (Å²) in [6.07, 6.45) is 6.36. The van der Waals surface area contributed by atoms with E-state index in [9.17, 15) is 9.59 Å². The second-order valence-electron chi connectivity index (χ2n) is 9.09. The van der Waals surface area contributed by atoms with Gasteiger partial charge in [0, 0.05) is 44.6 Å². The zero-order chi connectivity index (χ0) is 22.5. The van der Waals surface area contributed by atoms with Gasteiger partial charge >= 0.3 is 11.8 Å². The van der Waals surface area contributed by atoms with E-state index in [4.69, 9.17) is 0 Å². The van der Waals surface area contributed by atoms with E-state index < -0.39 is 11.8 Å². The highest BCUT2D eigenvalue weighted by atomic mass is 16.2. The smallest absolute Gasteiger partial charge is 0.309 e. The zero-order valence-corrected chi connectivity index (χ0v) is 19.1. The van der Waals surface area contributed by atoms with Crippen molar-refractivity contribution in [3.63, 3.8) is 0 Å². The third-order valence-corrected chi connectivity index (χ3v) is 6.70. The molecule has 0 radical (unpaired) electrons. The van der Waals surface area contributed by atoms with E-state index in [2.05, 4.69) is 69.0 Å². The van der Waals surface area contributed by atoms with Gasteiger partial charge in [0.15, 0.2) is 0 Å². The fraction of sp³-hybridized carbons (Fsp3) is 0.462. The van der Waals surface area contributed by atoms with Crippen LogP contribution < -0.4 is 20.4 Å². The first-order valence-corrected chi connectivity index (χ1v) is 11.7. The molecule has 32 heavy (non-hydrogen) atoms. The second-order valence-corrected chi connectivity index (χ2v) is 9.09. The molecule has 1 aliphatic heterocycles. The van der Waals surface area contributed by atoms with Crippen molar-refractivity contribution in [3.8, 4) is 0 Å². The number of anilines is 2. The average Bonchev–Trinajstić information content (AvgIpc) is 3.24. The Morgan fingerprint density at radius 3 is 2.44 bits per heavy atom. The van der Waals surface area contributed by atoms with Crippen molar-refractivity contribution < 1.29 is 9.59 Å². The molecule has 2 N–H and O–H groups in total. The summed E-state index contributed by atoms with van der Waals surface area (Å²) in [4.78, 5) is 29.5. The summed E-state index contributed by atoms with van der Waals surface area (Å²) in [7, 11) is 4.04. The Hall–Kier alpha value is -3.02. The van der Waals surface area contributed by atoms with Gasteiger partial charge < -0.3 is 20.4 Å². The van der Waals surface area contributed by atoms with Crippen molar-refractivity contribution in [1.82, 2.24) is 10.6 Å². The van der Waals surface area contributed by atoms with Crippen LogP contribution in [0.2, 0.25) is 0 Å². The van der Waals surface area contributed by atoms with Crippen LogP contribution in [0.25, 0.3) is 0 Å². The number of fused-ring (bicyclic) bond motifs is 1. The fourth-order valence-corrected chi connectivity index (χ4v) is 4.86. The highest BCUT2D eigenvalue weighted by Crippen LogP contribution is 2.35. The monoisotopic (exact) mass is 434 g/mol. The van der Waals surface area contributed by atoms with E-state index in [0.717, 1.165) is 49.9 Å². The van der Waals surface area contributed by atoms with E-state index in [1.807, 2.05) is 14.1 Å². The first-order chi connectivity index (χ1) is 15.5. The van der Waals surface area contributed by atoms with Gasteiger partial charge in [-0.25, -0.2) is 0 Å². The van der Waals surface area contributed by atoms with E-state index in [1.165, 1.54) is 17.7 Å². The molecule has 0 saturated heterocycles. The predicted octanol–water partition coefficient (Wildman–Crippen LogP) is 3.42. The van der Waals surface area contributed by atoms with Crippen molar-refractivity contribution in [3.05, 3.63) is 59.7 Å². The summed E-state index contributed by atoms with van der Waals surface area (Å²) in [5.74, 6) is -1.06. The average molecular weight is 435 g/mol. The maximum absolute atomic E-state index is 12.6. The number of nitrogens with one attached hydrogen (secondary N) is 2. The number of carbonyl (C=O) groups excluding carboxylic acids is 2. The summed E-state index contributed by atoms with van der Waals surface area (Å²) in [5.41, 5.74) is 4.78. The molecule has 0 bridgehead atoms. The van der Waals surface area contributed by atoms with Gasteiger partial charge in [-0.3, -0.25) is 9.59 Å². The van der Waals surface area contributed by atoms with Crippen LogP contribution in [0, 0.1) is 0 Å². The van der Waals surface area contributed by atoms with Crippen LogP contribution in [0.3, 0.4) is 0 Å². The molecule has 1 aliphatic carbocycles. The molecule has 2 aromatic carbocycles. The number of carbonyl (C=O) groups is 2. The van der Waals surface area contributed by atoms with Crippen molar-refractivity contribution in [2.24, 2.45) is 0 Å². The lowest BCUT2D eigenvalue weighted by molar-refractivity contribution is -0.139. The first kappa shape index (κ1) is 22.2. The number of amides is 2. The number of para-hydroxylation sites is 1. The third-order valence-electron chi connectivity index (χ3n) is 6.70. The summed E-state index contributed by atoms with van der Waals surface area (Å²) in [6.45, 7) is 1.27. The number of benzene rings is 2. The topological polar surface area (TPSA) is 64.7 Å². The maximum atomic E-state index is 12.6. The molecule has 1 heterocycles. The predicted molar refractivity (Wildman–Crippen MR) is 129 cm³/mol. The third kappa shape index (κ3) is 5.06. The summed E-state index contributed by atoms with van der Waals surface area (Å²) in [6, 6.07) is 17.0. The zero-order valence-electron chi connectivity index (χ0n) is 19.1. The van der Waals surface area contributed by atoms with Crippen LogP contribution >= 0.6 is 0 Å².